The van der Waals surface area contributed by atoms with E-state index in [-0.39, 0.29) is 11.8 Å². The van der Waals surface area contributed by atoms with Crippen LogP contribution in [0.3, 0.4) is 0 Å². The number of likely N-dealkylation sites (N-methyl/N-ethyl adjacent to an activating group) is 1. The van der Waals surface area contributed by atoms with Gasteiger partial charge in [0.05, 0.1) is 6.42 Å². The van der Waals surface area contributed by atoms with Gasteiger partial charge >= 0.3 is 0 Å². The number of benzene rings is 2. The van der Waals surface area contributed by atoms with E-state index in [1.165, 1.54) is 0 Å². The summed E-state index contributed by atoms with van der Waals surface area (Å²) in [6, 6.07) is 19.2. The maximum atomic E-state index is 12.8. The maximum Gasteiger partial charge on any atom is 0.242 e. The van der Waals surface area contributed by atoms with Crippen LogP contribution in [0.25, 0.3) is 0 Å². The number of hydrogen-bond acceptors (Lipinski definition) is 2. The third-order valence-electron chi connectivity index (χ3n) is 4.20. The molecular weight excluding hydrogens is 312 g/mol. The zero-order valence-electron chi connectivity index (χ0n) is 14.9. The van der Waals surface area contributed by atoms with Gasteiger partial charge in [-0.25, -0.2) is 0 Å². The minimum absolute atomic E-state index is 0.0270. The molecule has 0 saturated carbocycles. The Labute approximate surface area is 149 Å². The largest absolute Gasteiger partial charge is 0.355 e. The van der Waals surface area contributed by atoms with Gasteiger partial charge in [-0.3, -0.25) is 9.59 Å². The second-order valence-corrected chi connectivity index (χ2v) is 6.06. The Morgan fingerprint density at radius 1 is 0.960 bits per heavy atom. The summed E-state index contributed by atoms with van der Waals surface area (Å²) in [6.07, 6.45) is 1.03. The molecule has 1 N–H and O–H groups in total. The van der Waals surface area contributed by atoms with Crippen molar-refractivity contribution < 1.29 is 9.59 Å². The van der Waals surface area contributed by atoms with E-state index in [4.69, 9.17) is 0 Å². The summed E-state index contributed by atoms with van der Waals surface area (Å²) in [4.78, 5) is 26.8. The Hall–Kier alpha value is -2.62. The number of nitrogens with zero attached hydrogens (tertiary/aromatic N) is 1. The molecule has 0 unspecified atom stereocenters. The first-order valence-corrected chi connectivity index (χ1v) is 8.76. The first-order valence-electron chi connectivity index (χ1n) is 8.76. The Balaban J connectivity index is 2.09. The van der Waals surface area contributed by atoms with Gasteiger partial charge in [0.1, 0.15) is 6.04 Å². The normalized spacial score (nSPS) is 11.6. The van der Waals surface area contributed by atoms with E-state index >= 15 is 0 Å². The van der Waals surface area contributed by atoms with Crippen molar-refractivity contribution in [3.05, 3.63) is 71.8 Å². The Morgan fingerprint density at radius 3 is 2.08 bits per heavy atom. The van der Waals surface area contributed by atoms with Crippen molar-refractivity contribution >= 4 is 11.8 Å². The predicted octanol–water partition coefficient (Wildman–Crippen LogP) is 2.83. The van der Waals surface area contributed by atoms with E-state index in [0.29, 0.717) is 19.5 Å². The molecule has 0 aliphatic carbocycles. The van der Waals surface area contributed by atoms with Crippen LogP contribution in [0.4, 0.5) is 0 Å². The SMILES string of the molecule is CCNC(=O)[C@@H](C)N(CCc1ccccc1)C(=O)Cc1ccccc1. The van der Waals surface area contributed by atoms with Crippen molar-refractivity contribution in [1.82, 2.24) is 10.2 Å². The average Bonchev–Trinajstić information content (AvgIpc) is 2.63. The van der Waals surface area contributed by atoms with Crippen LogP contribution in [-0.4, -0.2) is 35.8 Å². The lowest BCUT2D eigenvalue weighted by Gasteiger charge is -2.28. The molecule has 25 heavy (non-hydrogen) atoms. The molecule has 0 aliphatic heterocycles. The topological polar surface area (TPSA) is 49.4 Å². The average molecular weight is 338 g/mol. The van der Waals surface area contributed by atoms with Crippen LogP contribution >= 0.6 is 0 Å². The van der Waals surface area contributed by atoms with Crippen LogP contribution < -0.4 is 5.32 Å². The highest BCUT2D eigenvalue weighted by Gasteiger charge is 2.25. The first-order chi connectivity index (χ1) is 12.1. The summed E-state index contributed by atoms with van der Waals surface area (Å²) in [7, 11) is 0. The molecule has 0 bridgehead atoms. The number of rotatable bonds is 8. The van der Waals surface area contributed by atoms with Crippen molar-refractivity contribution in [2.45, 2.75) is 32.7 Å². The van der Waals surface area contributed by atoms with Gasteiger partial charge < -0.3 is 10.2 Å². The first kappa shape index (κ1) is 18.7. The summed E-state index contributed by atoms with van der Waals surface area (Å²) in [5.41, 5.74) is 2.11. The third-order valence-corrected chi connectivity index (χ3v) is 4.20. The fourth-order valence-corrected chi connectivity index (χ4v) is 2.76. The van der Waals surface area contributed by atoms with Gasteiger partial charge in [0.15, 0.2) is 0 Å². The molecule has 2 aromatic carbocycles. The Kier molecular flexibility index (Phi) is 7.20. The summed E-state index contributed by atoms with van der Waals surface area (Å²) >= 11 is 0. The van der Waals surface area contributed by atoms with Crippen LogP contribution in [0, 0.1) is 0 Å². The van der Waals surface area contributed by atoms with Crippen LogP contribution in [0.5, 0.6) is 0 Å². The van der Waals surface area contributed by atoms with E-state index < -0.39 is 6.04 Å². The molecule has 0 fully saturated rings. The van der Waals surface area contributed by atoms with Crippen LogP contribution in [0.2, 0.25) is 0 Å². The van der Waals surface area contributed by atoms with Crippen LogP contribution in [0.1, 0.15) is 25.0 Å². The highest BCUT2D eigenvalue weighted by molar-refractivity contribution is 5.88. The lowest BCUT2D eigenvalue weighted by Crippen LogP contribution is -2.49. The minimum Gasteiger partial charge on any atom is -0.355 e. The van der Waals surface area contributed by atoms with Gasteiger partial charge in [-0.05, 0) is 31.4 Å². The van der Waals surface area contributed by atoms with Gasteiger partial charge in [-0.1, -0.05) is 60.7 Å². The molecule has 0 saturated heterocycles. The summed E-state index contributed by atoms with van der Waals surface area (Å²) in [5, 5.41) is 2.81. The van der Waals surface area contributed by atoms with Crippen molar-refractivity contribution in [2.24, 2.45) is 0 Å². The highest BCUT2D eigenvalue weighted by Crippen LogP contribution is 2.09. The van der Waals surface area contributed by atoms with Crippen LogP contribution in [-0.2, 0) is 22.4 Å². The Bertz CT molecular complexity index is 671. The molecule has 2 amide bonds. The Morgan fingerprint density at radius 2 is 1.52 bits per heavy atom. The van der Waals surface area contributed by atoms with Gasteiger partial charge in [-0.15, -0.1) is 0 Å². The zero-order valence-corrected chi connectivity index (χ0v) is 14.9. The fourth-order valence-electron chi connectivity index (χ4n) is 2.76. The number of nitrogens with one attached hydrogen (secondary N) is 1. The molecule has 2 rings (SSSR count). The third kappa shape index (κ3) is 5.75. The minimum atomic E-state index is -0.486. The molecule has 132 valence electrons. The van der Waals surface area contributed by atoms with Crippen LogP contribution in [0.15, 0.2) is 60.7 Å². The van der Waals surface area contributed by atoms with E-state index in [1.807, 2.05) is 67.6 Å². The van der Waals surface area contributed by atoms with Crippen molar-refractivity contribution in [3.8, 4) is 0 Å². The molecule has 0 aliphatic rings. The van der Waals surface area contributed by atoms with Gasteiger partial charge in [0.25, 0.3) is 0 Å². The quantitative estimate of drug-likeness (QED) is 0.805. The summed E-state index contributed by atoms with van der Waals surface area (Å²) < 4.78 is 0. The number of amides is 2. The van der Waals surface area contributed by atoms with Crippen molar-refractivity contribution in [1.29, 1.82) is 0 Å². The van der Waals surface area contributed by atoms with Crippen molar-refractivity contribution in [2.75, 3.05) is 13.1 Å². The van der Waals surface area contributed by atoms with Gasteiger partial charge in [-0.2, -0.15) is 0 Å². The molecule has 1 atom stereocenters. The highest BCUT2D eigenvalue weighted by atomic mass is 16.2. The number of carbonyl (C=O) groups is 2. The molecule has 4 nitrogen and oxygen atoms in total. The lowest BCUT2D eigenvalue weighted by molar-refractivity contribution is -0.139. The molecule has 4 heteroatoms. The number of hydrogen-bond donors (Lipinski definition) is 1. The number of carbonyl (C=O) groups excluding carboxylic acids is 2. The van der Waals surface area contributed by atoms with Crippen molar-refractivity contribution in [3.63, 3.8) is 0 Å². The smallest absolute Gasteiger partial charge is 0.242 e. The van der Waals surface area contributed by atoms with E-state index in [0.717, 1.165) is 17.5 Å². The maximum absolute atomic E-state index is 12.8. The van der Waals surface area contributed by atoms with E-state index in [2.05, 4.69) is 5.32 Å². The lowest BCUT2D eigenvalue weighted by atomic mass is 10.1. The summed E-state index contributed by atoms with van der Waals surface area (Å²) in [5.74, 6) is -0.141. The molecule has 0 spiro atoms. The molecule has 0 heterocycles. The standard InChI is InChI=1S/C21H26N2O2/c1-3-22-21(25)17(2)23(15-14-18-10-6-4-7-11-18)20(24)16-19-12-8-5-9-13-19/h4-13,17H,3,14-16H2,1-2H3,(H,22,25)/t17-/m1/s1. The predicted molar refractivity (Wildman–Crippen MR) is 100 cm³/mol. The molecule has 0 aromatic heterocycles. The molecular formula is C21H26N2O2. The van der Waals surface area contributed by atoms with E-state index in [9.17, 15) is 9.59 Å². The monoisotopic (exact) mass is 338 g/mol. The van der Waals surface area contributed by atoms with Gasteiger partial charge in [0, 0.05) is 13.1 Å². The second-order valence-electron chi connectivity index (χ2n) is 6.06. The fraction of sp³-hybridized carbons (Fsp3) is 0.333. The van der Waals surface area contributed by atoms with Gasteiger partial charge in [0.2, 0.25) is 11.8 Å². The second kappa shape index (κ2) is 9.62. The molecule has 0 radical (unpaired) electrons. The van der Waals surface area contributed by atoms with E-state index in [1.54, 1.807) is 11.8 Å². The molecule has 2 aromatic rings. The summed E-state index contributed by atoms with van der Waals surface area (Å²) in [6.45, 7) is 4.75. The zero-order chi connectivity index (χ0) is 18.1.